The zero-order valence-corrected chi connectivity index (χ0v) is 9.02. The van der Waals surface area contributed by atoms with Gasteiger partial charge in [0.1, 0.15) is 6.10 Å². The fourth-order valence-corrected chi connectivity index (χ4v) is 1.47. The van der Waals surface area contributed by atoms with Gasteiger partial charge in [-0.3, -0.25) is 0 Å². The van der Waals surface area contributed by atoms with E-state index in [4.69, 9.17) is 9.84 Å². The first kappa shape index (κ1) is 10.6. The van der Waals surface area contributed by atoms with Crippen LogP contribution in [0.25, 0.3) is 0 Å². The third-order valence-corrected chi connectivity index (χ3v) is 2.55. The molecule has 0 radical (unpaired) electrons. The number of ether oxygens (including phenoxy) is 2. The van der Waals surface area contributed by atoms with Crippen molar-refractivity contribution in [3.63, 3.8) is 0 Å². The second-order valence-corrected chi connectivity index (χ2v) is 3.35. The summed E-state index contributed by atoms with van der Waals surface area (Å²) in [5.41, 5.74) is 0. The van der Waals surface area contributed by atoms with Gasteiger partial charge in [0.15, 0.2) is 11.9 Å². The van der Waals surface area contributed by atoms with Gasteiger partial charge in [0.05, 0.1) is 7.11 Å². The van der Waals surface area contributed by atoms with E-state index in [1.54, 1.807) is 0 Å². The lowest BCUT2D eigenvalue weighted by Crippen LogP contribution is -2.30. The average Bonchev–Trinajstić information content (AvgIpc) is 2.42. The van der Waals surface area contributed by atoms with Crippen molar-refractivity contribution in [2.75, 3.05) is 11.5 Å². The van der Waals surface area contributed by atoms with Crippen molar-refractivity contribution in [1.29, 1.82) is 0 Å². The van der Waals surface area contributed by atoms with Crippen molar-refractivity contribution in [1.82, 2.24) is 0 Å². The summed E-state index contributed by atoms with van der Waals surface area (Å²) in [4.78, 5) is 10.9. The molecule has 0 amide bonds. The van der Waals surface area contributed by atoms with Gasteiger partial charge in [-0.2, -0.15) is 0 Å². The molecule has 0 saturated heterocycles. The van der Waals surface area contributed by atoms with Crippen LogP contribution in [0.2, 0.25) is 0 Å². The maximum absolute atomic E-state index is 10.9. The minimum Gasteiger partial charge on any atom is -0.499 e. The summed E-state index contributed by atoms with van der Waals surface area (Å²) < 4.78 is 9.82. The van der Waals surface area contributed by atoms with E-state index in [0.29, 0.717) is 4.43 Å². The van der Waals surface area contributed by atoms with Gasteiger partial charge in [-0.25, -0.2) is 4.79 Å². The number of esters is 1. The molecule has 6 heteroatoms. The monoisotopic (exact) mass is 300 g/mol. The number of aliphatic hydroxyl groups excluding tert-OH is 2. The fourth-order valence-electron chi connectivity index (χ4n) is 1.01. The lowest BCUT2D eigenvalue weighted by atomic mass is 10.2. The Balaban J connectivity index is 2.86. The van der Waals surface area contributed by atoms with Crippen molar-refractivity contribution in [3.8, 4) is 0 Å². The van der Waals surface area contributed by atoms with Crippen LogP contribution in [0.3, 0.4) is 0 Å². The largest absolute Gasteiger partial charge is 0.499 e. The maximum Gasteiger partial charge on any atom is 0.378 e. The molecule has 5 nitrogen and oxygen atoms in total. The molecule has 1 rings (SSSR count). The number of cyclic esters (lactones) is 1. The van der Waals surface area contributed by atoms with Crippen molar-refractivity contribution < 1.29 is 24.5 Å². The van der Waals surface area contributed by atoms with Gasteiger partial charge >= 0.3 is 5.97 Å². The van der Waals surface area contributed by atoms with Gasteiger partial charge in [-0.1, -0.05) is 22.6 Å². The minimum atomic E-state index is -0.880. The summed E-state index contributed by atoms with van der Waals surface area (Å²) in [5.74, 6) is -1.42. The van der Waals surface area contributed by atoms with E-state index >= 15 is 0 Å². The zero-order valence-electron chi connectivity index (χ0n) is 6.86. The molecule has 1 heterocycles. The van der Waals surface area contributed by atoms with Gasteiger partial charge in [0.25, 0.3) is 0 Å². The standard InChI is InChI=1S/C7H9IO5/c1-12-6-4(10)7(11)13-5(6)3(9)2-8/h3,5,9-10H,2H2,1H3/t3-,5-/m1/s1. The van der Waals surface area contributed by atoms with Gasteiger partial charge in [-0.05, 0) is 0 Å². The van der Waals surface area contributed by atoms with Gasteiger partial charge < -0.3 is 19.7 Å². The predicted octanol–water partition coefficient (Wildman–Crippen LogP) is 0.124. The Bertz CT molecular complexity index is 249. The maximum atomic E-state index is 10.9. The molecule has 74 valence electrons. The van der Waals surface area contributed by atoms with Gasteiger partial charge in [-0.15, -0.1) is 0 Å². The number of alkyl halides is 1. The van der Waals surface area contributed by atoms with Crippen molar-refractivity contribution in [2.24, 2.45) is 0 Å². The molecule has 0 unspecified atom stereocenters. The Morgan fingerprint density at radius 2 is 2.38 bits per heavy atom. The van der Waals surface area contributed by atoms with Crippen molar-refractivity contribution >= 4 is 28.6 Å². The lowest BCUT2D eigenvalue weighted by Gasteiger charge is -2.16. The molecule has 0 fully saturated rings. The highest BCUT2D eigenvalue weighted by molar-refractivity contribution is 14.1. The van der Waals surface area contributed by atoms with Crippen molar-refractivity contribution in [3.05, 3.63) is 11.5 Å². The number of methoxy groups -OCH3 is 1. The number of carbonyl (C=O) groups is 1. The minimum absolute atomic E-state index is 0.00540. The van der Waals surface area contributed by atoms with Crippen LogP contribution < -0.4 is 0 Å². The predicted molar refractivity (Wildman–Crippen MR) is 51.4 cm³/mol. The molecular formula is C7H9IO5. The molecule has 0 aromatic carbocycles. The Kier molecular flexibility index (Phi) is 3.37. The van der Waals surface area contributed by atoms with Gasteiger partial charge in [0.2, 0.25) is 5.76 Å². The smallest absolute Gasteiger partial charge is 0.378 e. The van der Waals surface area contributed by atoms with Crippen LogP contribution in [0.4, 0.5) is 0 Å². The number of carbonyl (C=O) groups excluding carboxylic acids is 1. The van der Waals surface area contributed by atoms with Crippen LogP contribution >= 0.6 is 22.6 Å². The van der Waals surface area contributed by atoms with E-state index in [9.17, 15) is 9.90 Å². The topological polar surface area (TPSA) is 76.0 Å². The Morgan fingerprint density at radius 1 is 1.77 bits per heavy atom. The Hall–Kier alpha value is -0.500. The second kappa shape index (κ2) is 4.14. The summed E-state index contributed by atoms with van der Waals surface area (Å²) in [6.45, 7) is 0. The van der Waals surface area contributed by atoms with E-state index < -0.39 is 23.9 Å². The van der Waals surface area contributed by atoms with E-state index in [1.807, 2.05) is 22.6 Å². The number of hydrogen-bond donors (Lipinski definition) is 2. The fraction of sp³-hybridized carbons (Fsp3) is 0.571. The molecule has 0 aromatic rings. The summed E-state index contributed by atoms with van der Waals surface area (Å²) in [7, 11) is 1.31. The van der Waals surface area contributed by atoms with E-state index in [-0.39, 0.29) is 5.76 Å². The summed E-state index contributed by atoms with van der Waals surface area (Å²) in [5, 5.41) is 18.5. The van der Waals surface area contributed by atoms with E-state index in [1.165, 1.54) is 7.11 Å². The van der Waals surface area contributed by atoms with Gasteiger partial charge in [0, 0.05) is 4.43 Å². The number of aliphatic hydroxyl groups is 2. The molecule has 0 aromatic heterocycles. The average molecular weight is 300 g/mol. The highest BCUT2D eigenvalue weighted by Crippen LogP contribution is 2.24. The Labute approximate surface area is 88.5 Å². The van der Waals surface area contributed by atoms with Crippen LogP contribution in [0.5, 0.6) is 0 Å². The molecule has 1 aliphatic heterocycles. The third-order valence-electron chi connectivity index (χ3n) is 1.65. The first-order valence-electron chi connectivity index (χ1n) is 3.54. The second-order valence-electron chi connectivity index (χ2n) is 2.46. The first-order chi connectivity index (χ1) is 6.11. The molecule has 2 atom stereocenters. The van der Waals surface area contributed by atoms with Crippen LogP contribution in [-0.2, 0) is 14.3 Å². The molecule has 0 saturated carbocycles. The molecular weight excluding hydrogens is 291 g/mol. The third kappa shape index (κ3) is 1.88. The zero-order chi connectivity index (χ0) is 10.0. The van der Waals surface area contributed by atoms with Crippen LogP contribution in [-0.4, -0.2) is 39.9 Å². The number of halogens is 1. The Morgan fingerprint density at radius 3 is 2.85 bits per heavy atom. The SMILES string of the molecule is COC1=C(O)C(=O)O[C@@H]1[C@H](O)CI. The van der Waals surface area contributed by atoms with Crippen LogP contribution in [0.15, 0.2) is 11.5 Å². The quantitative estimate of drug-likeness (QED) is 0.440. The molecule has 0 spiro atoms. The molecule has 0 bridgehead atoms. The van der Waals surface area contributed by atoms with Crippen LogP contribution in [0, 0.1) is 0 Å². The lowest BCUT2D eigenvalue weighted by molar-refractivity contribution is -0.146. The molecule has 1 aliphatic rings. The first-order valence-corrected chi connectivity index (χ1v) is 5.06. The molecule has 13 heavy (non-hydrogen) atoms. The van der Waals surface area contributed by atoms with Crippen molar-refractivity contribution in [2.45, 2.75) is 12.2 Å². The van der Waals surface area contributed by atoms with Crippen LogP contribution in [0.1, 0.15) is 0 Å². The summed E-state index contributed by atoms with van der Waals surface area (Å²) in [6, 6.07) is 0. The van der Waals surface area contributed by atoms with E-state index in [0.717, 1.165) is 0 Å². The normalized spacial score (nSPS) is 24.5. The summed E-state index contributed by atoms with van der Waals surface area (Å²) >= 11 is 1.94. The molecule has 0 aliphatic carbocycles. The number of rotatable bonds is 3. The summed E-state index contributed by atoms with van der Waals surface area (Å²) in [6.07, 6.45) is -1.74. The highest BCUT2D eigenvalue weighted by Gasteiger charge is 2.39. The highest BCUT2D eigenvalue weighted by atomic mass is 127. The molecule has 2 N–H and O–H groups in total. The van der Waals surface area contributed by atoms with E-state index in [2.05, 4.69) is 4.74 Å². The number of hydrogen-bond acceptors (Lipinski definition) is 5.